The predicted molar refractivity (Wildman–Crippen MR) is 135 cm³/mol. The molecule has 12 nitrogen and oxygen atoms in total. The zero-order valence-corrected chi connectivity index (χ0v) is 20.4. The van der Waals surface area contributed by atoms with Gasteiger partial charge in [-0.15, -0.1) is 0 Å². The summed E-state index contributed by atoms with van der Waals surface area (Å²) >= 11 is 6.07. The van der Waals surface area contributed by atoms with Gasteiger partial charge in [0.2, 0.25) is 5.75 Å². The number of hydrogen-bond donors (Lipinski definition) is 1. The van der Waals surface area contributed by atoms with Crippen LogP contribution in [0.25, 0.3) is 0 Å². The van der Waals surface area contributed by atoms with E-state index in [-0.39, 0.29) is 22.6 Å². The zero-order chi connectivity index (χ0) is 26.9. The highest BCUT2D eigenvalue weighted by molar-refractivity contribution is 6.30. The topological polar surface area (TPSA) is 155 Å². The Balaban J connectivity index is 1.81. The number of rotatable bonds is 11. The van der Waals surface area contributed by atoms with Gasteiger partial charge in [-0.1, -0.05) is 18.5 Å². The van der Waals surface area contributed by atoms with Gasteiger partial charge in [-0.25, -0.2) is 5.43 Å². The van der Waals surface area contributed by atoms with Crippen LogP contribution in [0.1, 0.15) is 29.3 Å². The fraction of sp³-hybridized carbons (Fsp3) is 0.167. The number of benzene rings is 3. The van der Waals surface area contributed by atoms with Gasteiger partial charge in [-0.05, 0) is 48.9 Å². The Bertz CT molecular complexity index is 1360. The number of hydrogen-bond acceptors (Lipinski definition) is 9. The second-order valence-electron chi connectivity index (χ2n) is 7.36. The van der Waals surface area contributed by atoms with Crippen molar-refractivity contribution in [2.75, 3.05) is 13.7 Å². The number of nitrogens with one attached hydrogen (secondary N) is 1. The fourth-order valence-electron chi connectivity index (χ4n) is 3.05. The van der Waals surface area contributed by atoms with E-state index in [1.807, 2.05) is 6.92 Å². The van der Waals surface area contributed by atoms with Crippen molar-refractivity contribution >= 4 is 35.1 Å². The molecule has 0 atom stereocenters. The molecule has 0 bridgehead atoms. The molecule has 0 spiro atoms. The van der Waals surface area contributed by atoms with Gasteiger partial charge in [0, 0.05) is 22.2 Å². The highest BCUT2D eigenvalue weighted by Crippen LogP contribution is 2.36. The second-order valence-corrected chi connectivity index (χ2v) is 7.80. The van der Waals surface area contributed by atoms with Crippen LogP contribution in [0.5, 0.6) is 23.0 Å². The van der Waals surface area contributed by atoms with Gasteiger partial charge in [-0.3, -0.25) is 25.0 Å². The van der Waals surface area contributed by atoms with E-state index in [4.69, 9.17) is 25.8 Å². The molecule has 13 heteroatoms. The number of ether oxygens (including phenoxy) is 3. The summed E-state index contributed by atoms with van der Waals surface area (Å²) < 4.78 is 16.5. The van der Waals surface area contributed by atoms with Crippen LogP contribution in [0.2, 0.25) is 5.02 Å². The van der Waals surface area contributed by atoms with Crippen LogP contribution in [-0.2, 0) is 0 Å². The molecule has 1 N–H and O–H groups in total. The smallest absolute Gasteiger partial charge is 0.318 e. The summed E-state index contributed by atoms with van der Waals surface area (Å²) in [6.45, 7) is 2.47. The van der Waals surface area contributed by atoms with Crippen molar-refractivity contribution in [1.82, 2.24) is 5.43 Å². The summed E-state index contributed by atoms with van der Waals surface area (Å²) in [5, 5.41) is 26.6. The normalized spacial score (nSPS) is 10.7. The molecule has 0 fully saturated rings. The van der Waals surface area contributed by atoms with E-state index in [0.717, 1.165) is 24.6 Å². The maximum Gasteiger partial charge on any atom is 0.318 e. The van der Waals surface area contributed by atoms with Crippen LogP contribution in [0.4, 0.5) is 11.4 Å². The average molecular weight is 529 g/mol. The first-order valence-corrected chi connectivity index (χ1v) is 11.2. The Hall–Kier alpha value is -4.71. The van der Waals surface area contributed by atoms with Crippen LogP contribution in [0.3, 0.4) is 0 Å². The third-order valence-electron chi connectivity index (χ3n) is 4.80. The zero-order valence-electron chi connectivity index (χ0n) is 19.7. The fourth-order valence-corrected chi connectivity index (χ4v) is 3.23. The number of carbonyl (C=O) groups excluding carboxylic acids is 1. The van der Waals surface area contributed by atoms with Crippen molar-refractivity contribution in [2.45, 2.75) is 13.3 Å². The SMILES string of the molecule is CCCOc1ccc(C(=O)N/N=C/c2cc(Cl)ccc2Oc2ccc([N+](=O)[O-])cc2[N+](=O)[O-])cc1OC. The number of methoxy groups -OCH3 is 1. The Labute approximate surface area is 215 Å². The van der Waals surface area contributed by atoms with Crippen molar-refractivity contribution < 1.29 is 28.9 Å². The average Bonchev–Trinajstić information content (AvgIpc) is 2.88. The first-order chi connectivity index (χ1) is 17.7. The van der Waals surface area contributed by atoms with E-state index < -0.39 is 27.1 Å². The minimum absolute atomic E-state index is 0.110. The molecule has 3 aromatic rings. The van der Waals surface area contributed by atoms with Crippen molar-refractivity contribution in [2.24, 2.45) is 5.10 Å². The Morgan fingerprint density at radius 2 is 1.73 bits per heavy atom. The molecule has 3 aromatic carbocycles. The largest absolute Gasteiger partial charge is 0.493 e. The number of nitrogens with zero attached hydrogens (tertiary/aromatic N) is 3. The molecule has 0 saturated heterocycles. The van der Waals surface area contributed by atoms with E-state index in [9.17, 15) is 25.0 Å². The molecule has 192 valence electrons. The minimum atomic E-state index is -0.793. The molecular formula is C24H21ClN4O8. The van der Waals surface area contributed by atoms with Crippen molar-refractivity contribution in [3.63, 3.8) is 0 Å². The summed E-state index contributed by atoms with van der Waals surface area (Å²) in [4.78, 5) is 33.4. The molecule has 0 radical (unpaired) electrons. The van der Waals surface area contributed by atoms with E-state index in [1.165, 1.54) is 37.6 Å². The molecule has 37 heavy (non-hydrogen) atoms. The molecule has 0 saturated carbocycles. The van der Waals surface area contributed by atoms with Crippen LogP contribution in [0.15, 0.2) is 59.7 Å². The van der Waals surface area contributed by atoms with Gasteiger partial charge in [0.05, 0.1) is 35.8 Å². The summed E-state index contributed by atoms with van der Waals surface area (Å²) in [5.41, 5.74) is 1.86. The summed E-state index contributed by atoms with van der Waals surface area (Å²) in [7, 11) is 1.46. The molecule has 0 unspecified atom stereocenters. The van der Waals surface area contributed by atoms with E-state index in [2.05, 4.69) is 10.5 Å². The van der Waals surface area contributed by atoms with Gasteiger partial charge < -0.3 is 14.2 Å². The quantitative estimate of drug-likeness (QED) is 0.194. The molecule has 1 amide bonds. The Morgan fingerprint density at radius 1 is 1.00 bits per heavy atom. The Morgan fingerprint density at radius 3 is 2.41 bits per heavy atom. The first kappa shape index (κ1) is 26.9. The lowest BCUT2D eigenvalue weighted by Gasteiger charge is -2.11. The van der Waals surface area contributed by atoms with Crippen LogP contribution in [0, 0.1) is 20.2 Å². The maximum atomic E-state index is 12.6. The third-order valence-corrected chi connectivity index (χ3v) is 5.03. The monoisotopic (exact) mass is 528 g/mol. The Kier molecular flexibility index (Phi) is 8.95. The number of nitro benzene ring substituents is 2. The highest BCUT2D eigenvalue weighted by atomic mass is 35.5. The highest BCUT2D eigenvalue weighted by Gasteiger charge is 2.22. The molecule has 0 heterocycles. The summed E-state index contributed by atoms with van der Waals surface area (Å²) in [5.74, 6) is 0.241. The van der Waals surface area contributed by atoms with Crippen LogP contribution >= 0.6 is 11.6 Å². The standard InChI is InChI=1S/C24H21ClN4O8/c1-3-10-36-22-7-4-15(12-23(22)35-2)24(30)27-26-14-16-11-17(25)5-8-20(16)37-21-9-6-18(28(31)32)13-19(21)29(33)34/h4-9,11-14H,3,10H2,1-2H3,(H,27,30)/b26-14+. The molecule has 0 aliphatic carbocycles. The van der Waals surface area contributed by atoms with Crippen molar-refractivity contribution in [3.8, 4) is 23.0 Å². The number of nitro groups is 2. The van der Waals surface area contributed by atoms with Crippen LogP contribution < -0.4 is 19.6 Å². The number of hydrazone groups is 1. The maximum absolute atomic E-state index is 12.6. The number of amides is 1. The van der Waals surface area contributed by atoms with Gasteiger partial charge >= 0.3 is 5.69 Å². The molecule has 0 aliphatic rings. The van der Waals surface area contributed by atoms with E-state index in [0.29, 0.717) is 23.1 Å². The third kappa shape index (κ3) is 6.92. The number of carbonyl (C=O) groups is 1. The van der Waals surface area contributed by atoms with E-state index >= 15 is 0 Å². The van der Waals surface area contributed by atoms with Gasteiger partial charge in [0.1, 0.15) is 5.75 Å². The lowest BCUT2D eigenvalue weighted by molar-refractivity contribution is -0.394. The van der Waals surface area contributed by atoms with Crippen molar-refractivity contribution in [3.05, 3.63) is 91.0 Å². The van der Waals surface area contributed by atoms with Gasteiger partial charge in [0.15, 0.2) is 11.5 Å². The van der Waals surface area contributed by atoms with E-state index in [1.54, 1.807) is 12.1 Å². The van der Waals surface area contributed by atoms with Gasteiger partial charge in [0.25, 0.3) is 11.6 Å². The summed E-state index contributed by atoms with van der Waals surface area (Å²) in [6, 6.07) is 12.1. The summed E-state index contributed by atoms with van der Waals surface area (Å²) in [6.07, 6.45) is 2.05. The minimum Gasteiger partial charge on any atom is -0.493 e. The predicted octanol–water partition coefficient (Wildman–Crippen LogP) is 5.51. The lowest BCUT2D eigenvalue weighted by Crippen LogP contribution is -2.17. The molecule has 3 rings (SSSR count). The first-order valence-electron chi connectivity index (χ1n) is 10.8. The molecule has 0 aliphatic heterocycles. The molecule has 0 aromatic heterocycles. The van der Waals surface area contributed by atoms with Crippen molar-refractivity contribution in [1.29, 1.82) is 0 Å². The second kappa shape index (κ2) is 12.3. The number of non-ortho nitro benzene ring substituents is 1. The van der Waals surface area contributed by atoms with Gasteiger partial charge in [-0.2, -0.15) is 5.10 Å². The molecular weight excluding hydrogens is 508 g/mol. The van der Waals surface area contributed by atoms with Crippen LogP contribution in [-0.4, -0.2) is 35.7 Å². The number of halogens is 1. The lowest BCUT2D eigenvalue weighted by atomic mass is 10.2.